The van der Waals surface area contributed by atoms with E-state index >= 15 is 0 Å². The van der Waals surface area contributed by atoms with Crippen LogP contribution in [0.3, 0.4) is 0 Å². The van der Waals surface area contributed by atoms with Gasteiger partial charge in [-0.05, 0) is 49.9 Å². The Bertz CT molecular complexity index is 783. The number of amides is 1. The Labute approximate surface area is 159 Å². The molecule has 1 amide bonds. The van der Waals surface area contributed by atoms with Crippen LogP contribution in [-0.4, -0.2) is 41.5 Å². The Morgan fingerprint density at radius 2 is 2.08 bits per heavy atom. The van der Waals surface area contributed by atoms with Crippen molar-refractivity contribution in [3.05, 3.63) is 34.8 Å². The number of piperidine rings is 1. The number of nitrogens with two attached hydrogens (primary N) is 1. The molecule has 140 valence electrons. The maximum Gasteiger partial charge on any atom is 0.265 e. The van der Waals surface area contributed by atoms with Crippen molar-refractivity contribution in [3.8, 4) is 16.3 Å². The Kier molecular flexibility index (Phi) is 5.34. The highest BCUT2D eigenvalue weighted by molar-refractivity contribution is 7.17. The number of ether oxygens (including phenoxy) is 1. The number of thiazole rings is 1. The maximum absolute atomic E-state index is 13.0. The second kappa shape index (κ2) is 7.37. The Balaban J connectivity index is 1.80. The minimum atomic E-state index is -0.0650. The molecule has 0 radical (unpaired) electrons. The molecule has 0 aliphatic carbocycles. The number of benzene rings is 1. The molecule has 2 heterocycles. The fourth-order valence-electron chi connectivity index (χ4n) is 3.27. The predicted molar refractivity (Wildman–Crippen MR) is 106 cm³/mol. The third-order valence-electron chi connectivity index (χ3n) is 5.00. The summed E-state index contributed by atoms with van der Waals surface area (Å²) in [6.45, 7) is 10.2. The van der Waals surface area contributed by atoms with E-state index in [2.05, 4.69) is 18.8 Å². The van der Waals surface area contributed by atoms with Crippen molar-refractivity contribution in [1.82, 2.24) is 9.88 Å². The first-order valence-corrected chi connectivity index (χ1v) is 9.89. The topological polar surface area (TPSA) is 68.5 Å². The van der Waals surface area contributed by atoms with E-state index < -0.39 is 0 Å². The van der Waals surface area contributed by atoms with Crippen LogP contribution in [0, 0.1) is 12.3 Å². The Morgan fingerprint density at radius 3 is 2.69 bits per heavy atom. The van der Waals surface area contributed by atoms with E-state index in [-0.39, 0.29) is 17.4 Å². The first-order chi connectivity index (χ1) is 12.3. The number of nitrogens with zero attached hydrogens (tertiary/aromatic N) is 2. The molecule has 0 bridgehead atoms. The standard InChI is InChI=1S/C20H27N3O2S/c1-5-25-15-8-6-14(7-9-15)18-22-13(2)17(26-18)19(24)23-11-10-16(21)20(3,4)12-23/h6-9,16H,5,10-12,21H2,1-4H3. The highest BCUT2D eigenvalue weighted by atomic mass is 32.1. The number of likely N-dealkylation sites (tertiary alicyclic amines) is 1. The van der Waals surface area contributed by atoms with Crippen molar-refractivity contribution in [2.45, 2.75) is 40.2 Å². The number of carbonyl (C=O) groups excluding carboxylic acids is 1. The second-order valence-electron chi connectivity index (χ2n) is 7.50. The quantitative estimate of drug-likeness (QED) is 0.887. The fourth-order valence-corrected chi connectivity index (χ4v) is 4.31. The van der Waals surface area contributed by atoms with Gasteiger partial charge in [0.2, 0.25) is 0 Å². The number of aryl methyl sites for hydroxylation is 1. The third kappa shape index (κ3) is 3.76. The van der Waals surface area contributed by atoms with Gasteiger partial charge in [0, 0.05) is 24.7 Å². The number of rotatable bonds is 4. The van der Waals surface area contributed by atoms with Gasteiger partial charge in [0.1, 0.15) is 15.6 Å². The Morgan fingerprint density at radius 1 is 1.38 bits per heavy atom. The summed E-state index contributed by atoms with van der Waals surface area (Å²) in [5, 5.41) is 0.863. The highest BCUT2D eigenvalue weighted by Crippen LogP contribution is 2.33. The van der Waals surface area contributed by atoms with E-state index in [4.69, 9.17) is 10.5 Å². The number of carbonyl (C=O) groups is 1. The monoisotopic (exact) mass is 373 g/mol. The summed E-state index contributed by atoms with van der Waals surface area (Å²) in [7, 11) is 0. The molecule has 26 heavy (non-hydrogen) atoms. The number of aromatic nitrogens is 1. The van der Waals surface area contributed by atoms with Crippen molar-refractivity contribution >= 4 is 17.2 Å². The van der Waals surface area contributed by atoms with E-state index in [9.17, 15) is 4.79 Å². The van der Waals surface area contributed by atoms with Crippen LogP contribution in [0.15, 0.2) is 24.3 Å². The summed E-state index contributed by atoms with van der Waals surface area (Å²) in [5.41, 5.74) is 7.92. The van der Waals surface area contributed by atoms with Gasteiger partial charge in [0.05, 0.1) is 12.3 Å². The molecule has 1 saturated heterocycles. The minimum Gasteiger partial charge on any atom is -0.494 e. The van der Waals surface area contributed by atoms with Gasteiger partial charge in [-0.2, -0.15) is 0 Å². The lowest BCUT2D eigenvalue weighted by Crippen LogP contribution is -2.53. The van der Waals surface area contributed by atoms with Gasteiger partial charge in [-0.25, -0.2) is 4.98 Å². The van der Waals surface area contributed by atoms with Crippen LogP contribution in [0.25, 0.3) is 10.6 Å². The van der Waals surface area contributed by atoms with Gasteiger partial charge in [-0.1, -0.05) is 13.8 Å². The van der Waals surface area contributed by atoms with Crippen molar-refractivity contribution in [2.75, 3.05) is 19.7 Å². The van der Waals surface area contributed by atoms with Crippen LogP contribution in [-0.2, 0) is 0 Å². The van der Waals surface area contributed by atoms with Crippen molar-refractivity contribution in [1.29, 1.82) is 0 Å². The molecule has 1 atom stereocenters. The van der Waals surface area contributed by atoms with E-state index in [1.165, 1.54) is 11.3 Å². The normalized spacial score (nSPS) is 19.4. The fraction of sp³-hybridized carbons (Fsp3) is 0.500. The van der Waals surface area contributed by atoms with Gasteiger partial charge in [0.15, 0.2) is 0 Å². The highest BCUT2D eigenvalue weighted by Gasteiger charge is 2.36. The zero-order chi connectivity index (χ0) is 18.9. The first-order valence-electron chi connectivity index (χ1n) is 9.07. The number of hydrogen-bond donors (Lipinski definition) is 1. The lowest BCUT2D eigenvalue weighted by molar-refractivity contribution is 0.0536. The van der Waals surface area contributed by atoms with Crippen LogP contribution in [0.2, 0.25) is 0 Å². The molecule has 0 spiro atoms. The third-order valence-corrected chi connectivity index (χ3v) is 6.20. The average Bonchev–Trinajstić information content (AvgIpc) is 2.99. The molecule has 1 aliphatic rings. The Hall–Kier alpha value is -1.92. The van der Waals surface area contributed by atoms with Crippen LogP contribution in [0.1, 0.15) is 42.6 Å². The molecule has 1 unspecified atom stereocenters. The largest absolute Gasteiger partial charge is 0.494 e. The van der Waals surface area contributed by atoms with Crippen molar-refractivity contribution in [3.63, 3.8) is 0 Å². The molecular weight excluding hydrogens is 346 g/mol. The van der Waals surface area contributed by atoms with Crippen molar-refractivity contribution in [2.24, 2.45) is 11.1 Å². The van der Waals surface area contributed by atoms with Crippen molar-refractivity contribution < 1.29 is 9.53 Å². The lowest BCUT2D eigenvalue weighted by atomic mass is 9.79. The van der Waals surface area contributed by atoms with Gasteiger partial charge in [-0.15, -0.1) is 11.3 Å². The van der Waals surface area contributed by atoms with E-state index in [0.717, 1.165) is 33.3 Å². The summed E-state index contributed by atoms with van der Waals surface area (Å²) in [6.07, 6.45) is 0.836. The zero-order valence-corrected chi connectivity index (χ0v) is 16.7. The molecule has 1 aromatic heterocycles. The maximum atomic E-state index is 13.0. The summed E-state index contributed by atoms with van der Waals surface area (Å²) in [4.78, 5) is 20.3. The van der Waals surface area contributed by atoms with Crippen LogP contribution in [0.4, 0.5) is 0 Å². The SMILES string of the molecule is CCOc1ccc(-c2nc(C)c(C(=O)N3CCC(N)C(C)(C)C3)s2)cc1. The van der Waals surface area contributed by atoms with E-state index in [1.54, 1.807) is 0 Å². The molecule has 0 saturated carbocycles. The summed E-state index contributed by atoms with van der Waals surface area (Å²) in [6, 6.07) is 7.98. The summed E-state index contributed by atoms with van der Waals surface area (Å²) < 4.78 is 5.48. The zero-order valence-electron chi connectivity index (χ0n) is 15.9. The summed E-state index contributed by atoms with van der Waals surface area (Å²) >= 11 is 1.46. The lowest BCUT2D eigenvalue weighted by Gasteiger charge is -2.42. The molecule has 1 aromatic carbocycles. The van der Waals surface area contributed by atoms with Gasteiger partial charge in [0.25, 0.3) is 5.91 Å². The molecule has 5 nitrogen and oxygen atoms in total. The predicted octanol–water partition coefficient (Wildman–Crippen LogP) is 3.72. The van der Waals surface area contributed by atoms with Gasteiger partial charge >= 0.3 is 0 Å². The molecular formula is C20H27N3O2S. The minimum absolute atomic E-state index is 0.0650. The molecule has 2 N–H and O–H groups in total. The van der Waals surface area contributed by atoms with Crippen LogP contribution >= 0.6 is 11.3 Å². The molecule has 1 aliphatic heterocycles. The molecule has 1 fully saturated rings. The number of hydrogen-bond acceptors (Lipinski definition) is 5. The van der Waals surface area contributed by atoms with Crippen LogP contribution < -0.4 is 10.5 Å². The van der Waals surface area contributed by atoms with E-state index in [0.29, 0.717) is 19.7 Å². The summed E-state index contributed by atoms with van der Waals surface area (Å²) in [5.74, 6) is 0.907. The smallest absolute Gasteiger partial charge is 0.265 e. The van der Waals surface area contributed by atoms with E-state index in [1.807, 2.05) is 43.0 Å². The second-order valence-corrected chi connectivity index (χ2v) is 8.50. The van der Waals surface area contributed by atoms with Crippen LogP contribution in [0.5, 0.6) is 5.75 Å². The average molecular weight is 374 g/mol. The molecule has 6 heteroatoms. The molecule has 2 aromatic rings. The van der Waals surface area contributed by atoms with Gasteiger partial charge in [-0.3, -0.25) is 4.79 Å². The molecule has 3 rings (SSSR count). The van der Waals surface area contributed by atoms with Gasteiger partial charge < -0.3 is 15.4 Å². The first kappa shape index (κ1) is 18.9.